The summed E-state index contributed by atoms with van der Waals surface area (Å²) in [7, 11) is 6.12. The molecule has 0 aromatic carbocycles. The van der Waals surface area contributed by atoms with Gasteiger partial charge in [-0.25, -0.2) is 0 Å². The van der Waals surface area contributed by atoms with Gasteiger partial charge in [-0.3, -0.25) is 4.68 Å². The number of rotatable bonds is 6. The normalized spacial score (nSPS) is 11.4. The van der Waals surface area contributed by atoms with E-state index in [0.29, 0.717) is 5.92 Å². The van der Waals surface area contributed by atoms with E-state index in [9.17, 15) is 0 Å². The van der Waals surface area contributed by atoms with Gasteiger partial charge in [0, 0.05) is 44.7 Å². The minimum Gasteiger partial charge on any atom is -0.363 e. The molecule has 6 heteroatoms. The van der Waals surface area contributed by atoms with Gasteiger partial charge < -0.3 is 10.2 Å². The van der Waals surface area contributed by atoms with Gasteiger partial charge in [0.2, 0.25) is 0 Å². The summed E-state index contributed by atoms with van der Waals surface area (Å²) >= 11 is 7.58. The summed E-state index contributed by atoms with van der Waals surface area (Å²) in [5, 5.41) is 8.18. The summed E-state index contributed by atoms with van der Waals surface area (Å²) < 4.78 is 2.80. The van der Waals surface area contributed by atoms with Gasteiger partial charge in [-0.05, 0) is 18.1 Å². The lowest BCUT2D eigenvalue weighted by molar-refractivity contribution is 0.683. The first-order chi connectivity index (χ1) is 9.90. The van der Waals surface area contributed by atoms with Crippen LogP contribution in [0.25, 0.3) is 0 Å². The van der Waals surface area contributed by atoms with Gasteiger partial charge in [0.25, 0.3) is 0 Å². The smallest absolute Gasteiger partial charge is 0.130 e. The van der Waals surface area contributed by atoms with Crippen molar-refractivity contribution in [1.82, 2.24) is 15.1 Å². The largest absolute Gasteiger partial charge is 0.363 e. The number of anilines is 1. The minimum atomic E-state index is 0.415. The van der Waals surface area contributed by atoms with Gasteiger partial charge in [-0.2, -0.15) is 5.10 Å². The molecule has 0 aliphatic rings. The summed E-state index contributed by atoms with van der Waals surface area (Å²) in [4.78, 5) is 3.37. The molecule has 0 radical (unpaired) electrons. The zero-order valence-electron chi connectivity index (χ0n) is 13.3. The Morgan fingerprint density at radius 1 is 1.33 bits per heavy atom. The fraction of sp³-hybridized carbons (Fsp3) is 0.533. The Labute approximate surface area is 135 Å². The van der Waals surface area contributed by atoms with Crippen LogP contribution in [0.1, 0.15) is 35.9 Å². The van der Waals surface area contributed by atoms with E-state index in [1.165, 1.54) is 10.4 Å². The number of nitrogens with one attached hydrogen (secondary N) is 1. The lowest BCUT2D eigenvalue weighted by Crippen LogP contribution is -2.19. The molecule has 0 atom stereocenters. The van der Waals surface area contributed by atoms with Crippen LogP contribution in [0.15, 0.2) is 12.1 Å². The molecule has 116 valence electrons. The number of nitrogens with zero attached hydrogens (tertiary/aromatic N) is 3. The molecule has 0 saturated heterocycles. The zero-order chi connectivity index (χ0) is 15.6. The molecule has 0 unspecified atom stereocenters. The van der Waals surface area contributed by atoms with Crippen molar-refractivity contribution in [2.24, 2.45) is 7.05 Å². The third-order valence-electron chi connectivity index (χ3n) is 3.34. The number of aromatic nitrogens is 2. The Balaban J connectivity index is 2.14. The highest BCUT2D eigenvalue weighted by Gasteiger charge is 2.19. The van der Waals surface area contributed by atoms with Crippen LogP contribution < -0.4 is 10.2 Å². The molecule has 0 spiro atoms. The monoisotopic (exact) mass is 326 g/mol. The second-order valence-electron chi connectivity index (χ2n) is 5.67. The zero-order valence-corrected chi connectivity index (χ0v) is 14.8. The van der Waals surface area contributed by atoms with Gasteiger partial charge in [-0.1, -0.05) is 25.4 Å². The van der Waals surface area contributed by atoms with Gasteiger partial charge in [-0.15, -0.1) is 11.3 Å². The van der Waals surface area contributed by atoms with Gasteiger partial charge in [0.05, 0.1) is 10.0 Å². The topological polar surface area (TPSA) is 33.1 Å². The summed E-state index contributed by atoms with van der Waals surface area (Å²) in [6.07, 6.45) is 0. The van der Waals surface area contributed by atoms with Crippen molar-refractivity contribution in [2.45, 2.75) is 32.9 Å². The Morgan fingerprint density at radius 2 is 2.05 bits per heavy atom. The van der Waals surface area contributed by atoms with Crippen molar-refractivity contribution in [1.29, 1.82) is 0 Å². The molecule has 0 amide bonds. The first-order valence-electron chi connectivity index (χ1n) is 7.08. The van der Waals surface area contributed by atoms with E-state index in [-0.39, 0.29) is 0 Å². The summed E-state index contributed by atoms with van der Waals surface area (Å²) in [6, 6.07) is 4.01. The van der Waals surface area contributed by atoms with Crippen LogP contribution >= 0.6 is 22.9 Å². The number of thiophene rings is 1. The summed E-state index contributed by atoms with van der Waals surface area (Å²) in [5.41, 5.74) is 2.44. The minimum absolute atomic E-state index is 0.415. The van der Waals surface area contributed by atoms with E-state index in [2.05, 4.69) is 49.3 Å². The first kappa shape index (κ1) is 16.3. The number of halogens is 1. The lowest BCUT2D eigenvalue weighted by Gasteiger charge is -2.16. The van der Waals surface area contributed by atoms with Gasteiger partial charge in [0.1, 0.15) is 5.82 Å². The van der Waals surface area contributed by atoms with Gasteiger partial charge >= 0.3 is 0 Å². The molecule has 2 aromatic heterocycles. The van der Waals surface area contributed by atoms with E-state index >= 15 is 0 Å². The summed E-state index contributed by atoms with van der Waals surface area (Å²) in [6.45, 7) is 6.01. The third kappa shape index (κ3) is 3.78. The van der Waals surface area contributed by atoms with Crippen molar-refractivity contribution < 1.29 is 0 Å². The van der Waals surface area contributed by atoms with Crippen molar-refractivity contribution >= 4 is 28.8 Å². The molecule has 4 nitrogen and oxygen atoms in total. The second kappa shape index (κ2) is 6.81. The molecular weight excluding hydrogens is 304 g/mol. The fourth-order valence-corrected chi connectivity index (χ4v) is 3.59. The molecular formula is C15H23ClN4S. The maximum absolute atomic E-state index is 5.96. The Morgan fingerprint density at radius 3 is 2.57 bits per heavy atom. The first-order valence-corrected chi connectivity index (χ1v) is 8.27. The van der Waals surface area contributed by atoms with Crippen molar-refractivity contribution in [2.75, 3.05) is 19.0 Å². The standard InChI is InChI=1S/C15H23ClN4S/c1-10(2)14-12(15(19(3)4)20(5)18-14)9-17-8-11-6-7-13(16)21-11/h6-7,10,17H,8-9H2,1-5H3. The van der Waals surface area contributed by atoms with E-state index in [1.807, 2.05) is 17.8 Å². The van der Waals surface area contributed by atoms with E-state index in [0.717, 1.165) is 28.9 Å². The second-order valence-corrected chi connectivity index (χ2v) is 7.47. The predicted molar refractivity (Wildman–Crippen MR) is 91.5 cm³/mol. The maximum Gasteiger partial charge on any atom is 0.130 e. The molecule has 0 fully saturated rings. The van der Waals surface area contributed by atoms with E-state index < -0.39 is 0 Å². The van der Waals surface area contributed by atoms with Crippen LogP contribution in [0.3, 0.4) is 0 Å². The molecule has 0 bridgehead atoms. The lowest BCUT2D eigenvalue weighted by atomic mass is 10.1. The van der Waals surface area contributed by atoms with Crippen molar-refractivity contribution in [3.8, 4) is 0 Å². The molecule has 0 aliphatic heterocycles. The van der Waals surface area contributed by atoms with E-state index in [4.69, 9.17) is 11.6 Å². The molecule has 0 aliphatic carbocycles. The Kier molecular flexibility index (Phi) is 5.30. The van der Waals surface area contributed by atoms with Crippen LogP contribution in [0.2, 0.25) is 4.34 Å². The Hall–Kier alpha value is -1.04. The molecule has 0 saturated carbocycles. The van der Waals surface area contributed by atoms with Gasteiger partial charge in [0.15, 0.2) is 0 Å². The quantitative estimate of drug-likeness (QED) is 0.880. The summed E-state index contributed by atoms with van der Waals surface area (Å²) in [5.74, 6) is 1.58. The van der Waals surface area contributed by atoms with Crippen LogP contribution in [0.4, 0.5) is 5.82 Å². The van der Waals surface area contributed by atoms with Crippen LogP contribution in [0.5, 0.6) is 0 Å². The number of hydrogen-bond donors (Lipinski definition) is 1. The number of hydrogen-bond acceptors (Lipinski definition) is 4. The SMILES string of the molecule is CC(C)c1nn(C)c(N(C)C)c1CNCc1ccc(Cl)s1. The average molecular weight is 327 g/mol. The molecule has 1 N–H and O–H groups in total. The third-order valence-corrected chi connectivity index (χ3v) is 4.57. The van der Waals surface area contributed by atoms with Crippen molar-refractivity contribution in [3.05, 3.63) is 32.6 Å². The average Bonchev–Trinajstić information content (AvgIpc) is 2.93. The van der Waals surface area contributed by atoms with Crippen molar-refractivity contribution in [3.63, 3.8) is 0 Å². The number of aryl methyl sites for hydroxylation is 1. The van der Waals surface area contributed by atoms with Crippen LogP contribution in [0, 0.1) is 0 Å². The molecule has 2 heterocycles. The fourth-order valence-electron chi connectivity index (χ4n) is 2.53. The molecule has 2 rings (SSSR count). The highest BCUT2D eigenvalue weighted by molar-refractivity contribution is 7.16. The highest BCUT2D eigenvalue weighted by atomic mass is 35.5. The molecule has 2 aromatic rings. The highest BCUT2D eigenvalue weighted by Crippen LogP contribution is 2.27. The van der Waals surface area contributed by atoms with Crippen LogP contribution in [-0.2, 0) is 20.1 Å². The van der Waals surface area contributed by atoms with E-state index in [1.54, 1.807) is 11.3 Å². The van der Waals surface area contributed by atoms with Crippen LogP contribution in [-0.4, -0.2) is 23.9 Å². The predicted octanol–water partition coefficient (Wildman–Crippen LogP) is 3.61. The Bertz CT molecular complexity index is 601. The molecule has 21 heavy (non-hydrogen) atoms. The maximum atomic E-state index is 5.96.